The number of hydrogen-bond acceptors (Lipinski definition) is 2. The van der Waals surface area contributed by atoms with Crippen LogP contribution < -0.4 is 5.84 Å². The maximum absolute atomic E-state index is 13.5. The first-order valence-corrected chi connectivity index (χ1v) is 5.22. The van der Waals surface area contributed by atoms with Gasteiger partial charge in [-0.15, -0.1) is 0 Å². The second kappa shape index (κ2) is 4.43. The Hall–Kier alpha value is -1.07. The first-order valence-electron chi connectivity index (χ1n) is 5.22. The van der Waals surface area contributed by atoms with Crippen molar-refractivity contribution in [3.63, 3.8) is 0 Å². The zero-order valence-corrected chi connectivity index (χ0v) is 8.72. The minimum absolute atomic E-state index is 0.0449. The van der Waals surface area contributed by atoms with E-state index < -0.39 is 17.5 Å². The molecular weight excluding hydrogens is 217 g/mol. The predicted molar refractivity (Wildman–Crippen MR) is 54.1 cm³/mol. The van der Waals surface area contributed by atoms with Crippen molar-refractivity contribution in [2.45, 2.75) is 18.8 Å². The van der Waals surface area contributed by atoms with Gasteiger partial charge in [0.1, 0.15) is 17.5 Å². The highest BCUT2D eigenvalue weighted by molar-refractivity contribution is 5.25. The molecule has 1 saturated heterocycles. The molecule has 0 spiro atoms. The summed E-state index contributed by atoms with van der Waals surface area (Å²) in [7, 11) is 0. The lowest BCUT2D eigenvalue weighted by Crippen LogP contribution is -2.39. The van der Waals surface area contributed by atoms with Gasteiger partial charge in [0, 0.05) is 36.7 Å². The number of rotatable bonds is 1. The smallest absolute Gasteiger partial charge is 0.132 e. The van der Waals surface area contributed by atoms with Gasteiger partial charge in [-0.25, -0.2) is 18.2 Å². The zero-order chi connectivity index (χ0) is 11.7. The predicted octanol–water partition coefficient (Wildman–Crippen LogP) is 2.16. The molecule has 1 heterocycles. The van der Waals surface area contributed by atoms with Crippen molar-refractivity contribution in [1.82, 2.24) is 5.01 Å². The number of hydrogen-bond donors (Lipinski definition) is 1. The molecule has 0 aliphatic carbocycles. The van der Waals surface area contributed by atoms with Crippen molar-refractivity contribution >= 4 is 0 Å². The molecule has 2 nitrogen and oxygen atoms in total. The number of hydrazine groups is 1. The van der Waals surface area contributed by atoms with Crippen molar-refractivity contribution in [2.24, 2.45) is 5.84 Å². The van der Waals surface area contributed by atoms with Crippen molar-refractivity contribution in [3.05, 3.63) is 35.1 Å². The van der Waals surface area contributed by atoms with Crippen LogP contribution in [0.1, 0.15) is 24.3 Å². The highest BCUT2D eigenvalue weighted by Crippen LogP contribution is 2.30. The molecule has 0 saturated carbocycles. The largest absolute Gasteiger partial charge is 0.269 e. The fourth-order valence-corrected chi connectivity index (χ4v) is 2.19. The zero-order valence-electron chi connectivity index (χ0n) is 8.72. The summed E-state index contributed by atoms with van der Waals surface area (Å²) in [5.74, 6) is 2.78. The summed E-state index contributed by atoms with van der Waals surface area (Å²) in [6, 6.07) is 1.43. The van der Waals surface area contributed by atoms with Gasteiger partial charge in [-0.2, -0.15) is 0 Å². The summed E-state index contributed by atoms with van der Waals surface area (Å²) in [6.07, 6.45) is 1.46. The molecule has 88 valence electrons. The maximum atomic E-state index is 13.5. The van der Waals surface area contributed by atoms with E-state index in [2.05, 4.69) is 0 Å². The van der Waals surface area contributed by atoms with Gasteiger partial charge in [0.2, 0.25) is 0 Å². The van der Waals surface area contributed by atoms with E-state index in [1.807, 2.05) is 0 Å². The Labute approximate surface area is 91.8 Å². The number of nitrogens with two attached hydrogens (primary N) is 1. The summed E-state index contributed by atoms with van der Waals surface area (Å²) in [5, 5.41) is 1.54. The van der Waals surface area contributed by atoms with Crippen molar-refractivity contribution in [1.29, 1.82) is 0 Å². The molecule has 5 heteroatoms. The van der Waals surface area contributed by atoms with E-state index >= 15 is 0 Å². The molecule has 1 aromatic rings. The summed E-state index contributed by atoms with van der Waals surface area (Å²) < 4.78 is 39.7. The second-order valence-corrected chi connectivity index (χ2v) is 4.12. The van der Waals surface area contributed by atoms with Crippen LogP contribution in [0.4, 0.5) is 13.2 Å². The summed E-state index contributed by atoms with van der Waals surface area (Å²) in [4.78, 5) is 0. The number of halogens is 3. The quantitative estimate of drug-likeness (QED) is 0.749. The summed E-state index contributed by atoms with van der Waals surface area (Å²) >= 11 is 0. The Bertz CT molecular complexity index is 372. The van der Waals surface area contributed by atoms with Crippen molar-refractivity contribution in [3.8, 4) is 0 Å². The molecule has 16 heavy (non-hydrogen) atoms. The van der Waals surface area contributed by atoms with E-state index in [1.165, 1.54) is 5.01 Å². The molecule has 0 aromatic heterocycles. The SMILES string of the molecule is NN1CCCC(c2c(F)cc(F)cc2F)C1. The number of nitrogens with zero attached hydrogens (tertiary/aromatic N) is 1. The number of piperidine rings is 1. The van der Waals surface area contributed by atoms with Crippen LogP contribution >= 0.6 is 0 Å². The standard InChI is InChI=1S/C11H13F3N2/c12-8-4-9(13)11(10(14)5-8)7-2-1-3-16(15)6-7/h4-5,7H,1-3,6,15H2. The van der Waals surface area contributed by atoms with E-state index in [4.69, 9.17) is 5.84 Å². The van der Waals surface area contributed by atoms with E-state index in [9.17, 15) is 13.2 Å². The Morgan fingerprint density at radius 2 is 1.81 bits per heavy atom. The highest BCUT2D eigenvalue weighted by atomic mass is 19.1. The van der Waals surface area contributed by atoms with Crippen LogP contribution in [0.15, 0.2) is 12.1 Å². The highest BCUT2D eigenvalue weighted by Gasteiger charge is 2.25. The molecule has 2 rings (SSSR count). The maximum Gasteiger partial charge on any atom is 0.132 e. The molecular formula is C11H13F3N2. The lowest BCUT2D eigenvalue weighted by Gasteiger charge is -2.29. The average Bonchev–Trinajstić information content (AvgIpc) is 2.15. The van der Waals surface area contributed by atoms with E-state index in [1.54, 1.807) is 0 Å². The minimum atomic E-state index is -0.890. The van der Waals surface area contributed by atoms with Gasteiger partial charge in [0.25, 0.3) is 0 Å². The molecule has 1 fully saturated rings. The van der Waals surface area contributed by atoms with Gasteiger partial charge in [-0.05, 0) is 12.8 Å². The van der Waals surface area contributed by atoms with Gasteiger partial charge >= 0.3 is 0 Å². The lowest BCUT2D eigenvalue weighted by molar-refractivity contribution is 0.208. The third kappa shape index (κ3) is 2.20. The van der Waals surface area contributed by atoms with Crippen LogP contribution in [0.3, 0.4) is 0 Å². The Morgan fingerprint density at radius 3 is 2.38 bits per heavy atom. The third-order valence-corrected chi connectivity index (χ3v) is 2.90. The normalized spacial score (nSPS) is 22.4. The topological polar surface area (TPSA) is 29.3 Å². The van der Waals surface area contributed by atoms with Gasteiger partial charge < -0.3 is 0 Å². The fraction of sp³-hybridized carbons (Fsp3) is 0.455. The van der Waals surface area contributed by atoms with Crippen molar-refractivity contribution in [2.75, 3.05) is 13.1 Å². The Kier molecular flexibility index (Phi) is 3.16. The molecule has 1 aliphatic heterocycles. The third-order valence-electron chi connectivity index (χ3n) is 2.90. The van der Waals surface area contributed by atoms with Crippen LogP contribution in [0, 0.1) is 17.5 Å². The van der Waals surface area contributed by atoms with Crippen LogP contribution in [0.5, 0.6) is 0 Å². The van der Waals surface area contributed by atoms with Gasteiger partial charge in [-0.3, -0.25) is 5.84 Å². The van der Waals surface area contributed by atoms with Crippen LogP contribution in [-0.4, -0.2) is 18.1 Å². The Balaban J connectivity index is 2.32. The molecule has 1 atom stereocenters. The van der Waals surface area contributed by atoms with Crippen LogP contribution in [0.25, 0.3) is 0 Å². The van der Waals surface area contributed by atoms with Gasteiger partial charge in [0.05, 0.1) is 0 Å². The van der Waals surface area contributed by atoms with E-state index in [0.29, 0.717) is 25.1 Å². The van der Waals surface area contributed by atoms with Crippen molar-refractivity contribution < 1.29 is 13.2 Å². The minimum Gasteiger partial charge on any atom is -0.269 e. The molecule has 1 unspecified atom stereocenters. The van der Waals surface area contributed by atoms with Crippen LogP contribution in [-0.2, 0) is 0 Å². The monoisotopic (exact) mass is 230 g/mol. The first kappa shape index (κ1) is 11.4. The average molecular weight is 230 g/mol. The summed E-state index contributed by atoms with van der Waals surface area (Å²) in [5.41, 5.74) is -0.0449. The lowest BCUT2D eigenvalue weighted by atomic mass is 9.90. The summed E-state index contributed by atoms with van der Waals surface area (Å²) in [6.45, 7) is 1.13. The first-order chi connectivity index (χ1) is 7.58. The molecule has 0 amide bonds. The second-order valence-electron chi connectivity index (χ2n) is 4.12. The Morgan fingerprint density at radius 1 is 1.19 bits per heavy atom. The van der Waals surface area contributed by atoms with Gasteiger partial charge in [0.15, 0.2) is 0 Å². The van der Waals surface area contributed by atoms with Crippen LogP contribution in [0.2, 0.25) is 0 Å². The number of benzene rings is 1. The fourth-order valence-electron chi connectivity index (χ4n) is 2.19. The molecule has 0 radical (unpaired) electrons. The molecule has 1 aliphatic rings. The molecule has 0 bridgehead atoms. The van der Waals surface area contributed by atoms with Gasteiger partial charge in [-0.1, -0.05) is 0 Å². The molecule has 1 aromatic carbocycles. The molecule has 2 N–H and O–H groups in total. The van der Waals surface area contributed by atoms with E-state index in [0.717, 1.165) is 13.0 Å². The van der Waals surface area contributed by atoms with E-state index in [-0.39, 0.29) is 11.5 Å².